The maximum atomic E-state index is 5.23. The van der Waals surface area contributed by atoms with Gasteiger partial charge in [-0.05, 0) is 19.5 Å². The quantitative estimate of drug-likeness (QED) is 0.685. The van der Waals surface area contributed by atoms with Gasteiger partial charge in [0.15, 0.2) is 0 Å². The monoisotopic (exact) mass is 223 g/mol. The minimum absolute atomic E-state index is 0.252. The molecule has 0 aliphatic rings. The molecule has 1 atom stereocenters. The van der Waals surface area contributed by atoms with E-state index in [4.69, 9.17) is 4.74 Å². The summed E-state index contributed by atoms with van der Waals surface area (Å²) in [5, 5.41) is 6.70. The molecule has 0 amide bonds. The van der Waals surface area contributed by atoms with E-state index >= 15 is 0 Å². The van der Waals surface area contributed by atoms with Crippen molar-refractivity contribution >= 4 is 0 Å². The molecule has 0 bridgehead atoms. The molecule has 0 unspecified atom stereocenters. The molecule has 4 heteroatoms. The highest BCUT2D eigenvalue weighted by Gasteiger charge is 2.10. The Balaban J connectivity index is 2.48. The number of ether oxygens (including phenoxy) is 1. The van der Waals surface area contributed by atoms with Gasteiger partial charge in [0, 0.05) is 30.9 Å². The first-order valence-corrected chi connectivity index (χ1v) is 5.72. The molecule has 1 aromatic rings. The van der Waals surface area contributed by atoms with Crippen molar-refractivity contribution in [1.29, 1.82) is 0 Å². The van der Waals surface area contributed by atoms with Crippen LogP contribution >= 0.6 is 0 Å². The summed E-state index contributed by atoms with van der Waals surface area (Å²) in [7, 11) is 1.65. The summed E-state index contributed by atoms with van der Waals surface area (Å²) in [6.45, 7) is 7.14. The molecule has 1 heterocycles. The molecule has 0 radical (unpaired) electrons. The van der Waals surface area contributed by atoms with Crippen LogP contribution < -0.4 is 15.4 Å². The van der Waals surface area contributed by atoms with Crippen molar-refractivity contribution in [2.45, 2.75) is 19.9 Å². The predicted molar refractivity (Wildman–Crippen MR) is 65.8 cm³/mol. The number of hydrogen-bond acceptors (Lipinski definition) is 4. The number of rotatable bonds is 7. The zero-order valence-electron chi connectivity index (χ0n) is 10.3. The van der Waals surface area contributed by atoms with Gasteiger partial charge in [-0.25, -0.2) is 4.98 Å². The Morgan fingerprint density at radius 2 is 2.25 bits per heavy atom. The Bertz CT molecular complexity index is 304. The van der Waals surface area contributed by atoms with Gasteiger partial charge < -0.3 is 15.4 Å². The van der Waals surface area contributed by atoms with E-state index in [9.17, 15) is 0 Å². The molecule has 4 nitrogen and oxygen atoms in total. The van der Waals surface area contributed by atoms with Crippen LogP contribution in [0.3, 0.4) is 0 Å². The van der Waals surface area contributed by atoms with Crippen molar-refractivity contribution in [2.24, 2.45) is 0 Å². The first kappa shape index (κ1) is 12.9. The summed E-state index contributed by atoms with van der Waals surface area (Å²) in [5.41, 5.74) is 1.10. The number of likely N-dealkylation sites (N-methyl/N-ethyl adjacent to an activating group) is 1. The van der Waals surface area contributed by atoms with Crippen molar-refractivity contribution in [1.82, 2.24) is 15.6 Å². The Morgan fingerprint density at radius 1 is 1.44 bits per heavy atom. The maximum Gasteiger partial charge on any atom is 0.217 e. The van der Waals surface area contributed by atoms with Crippen molar-refractivity contribution in [3.8, 4) is 5.88 Å². The van der Waals surface area contributed by atoms with E-state index in [0.717, 1.165) is 25.2 Å². The van der Waals surface area contributed by atoms with Crippen LogP contribution in [0.5, 0.6) is 5.88 Å². The lowest BCUT2D eigenvalue weighted by Gasteiger charge is -2.16. The molecule has 0 saturated carbocycles. The van der Waals surface area contributed by atoms with E-state index in [-0.39, 0.29) is 6.04 Å². The van der Waals surface area contributed by atoms with Gasteiger partial charge >= 0.3 is 0 Å². The van der Waals surface area contributed by atoms with Gasteiger partial charge in [0.25, 0.3) is 0 Å². The highest BCUT2D eigenvalue weighted by atomic mass is 16.5. The van der Waals surface area contributed by atoms with Gasteiger partial charge in [0.2, 0.25) is 5.88 Å². The zero-order chi connectivity index (χ0) is 11.8. The number of methoxy groups -OCH3 is 1. The summed E-state index contributed by atoms with van der Waals surface area (Å²) in [5.74, 6) is 0.700. The molecule has 0 saturated heterocycles. The number of hydrogen-bond donors (Lipinski definition) is 2. The Labute approximate surface area is 97.4 Å². The molecule has 0 fully saturated rings. The Morgan fingerprint density at radius 3 is 2.94 bits per heavy atom. The van der Waals surface area contributed by atoms with Crippen LogP contribution in [0.4, 0.5) is 0 Å². The van der Waals surface area contributed by atoms with E-state index in [1.165, 1.54) is 0 Å². The van der Waals surface area contributed by atoms with E-state index in [1.54, 1.807) is 13.3 Å². The Kier molecular flexibility index (Phi) is 5.82. The maximum absolute atomic E-state index is 5.23. The van der Waals surface area contributed by atoms with E-state index in [2.05, 4.69) is 29.5 Å². The average Bonchev–Trinajstić information content (AvgIpc) is 2.34. The average molecular weight is 223 g/mol. The second-order valence-corrected chi connectivity index (χ2v) is 3.63. The smallest absolute Gasteiger partial charge is 0.217 e. The normalized spacial score (nSPS) is 12.4. The van der Waals surface area contributed by atoms with Crippen LogP contribution in [-0.2, 0) is 0 Å². The third-order valence-corrected chi connectivity index (χ3v) is 2.46. The van der Waals surface area contributed by atoms with Crippen molar-refractivity contribution in [2.75, 3.05) is 26.7 Å². The standard InChI is InChI=1S/C12H21N3O/c1-4-13-8-9-14-10(2)11-6-5-7-15-12(11)16-3/h5-7,10,13-14H,4,8-9H2,1-3H3/t10-/m0/s1. The highest BCUT2D eigenvalue weighted by Crippen LogP contribution is 2.21. The van der Waals surface area contributed by atoms with E-state index in [0.29, 0.717) is 5.88 Å². The van der Waals surface area contributed by atoms with Gasteiger partial charge in [-0.15, -0.1) is 0 Å². The lowest BCUT2D eigenvalue weighted by atomic mass is 10.1. The zero-order valence-corrected chi connectivity index (χ0v) is 10.3. The van der Waals surface area contributed by atoms with Gasteiger partial charge in [0.05, 0.1) is 7.11 Å². The lowest BCUT2D eigenvalue weighted by Crippen LogP contribution is -2.29. The summed E-state index contributed by atoms with van der Waals surface area (Å²) in [4.78, 5) is 4.18. The minimum atomic E-state index is 0.252. The van der Waals surface area contributed by atoms with Crippen LogP contribution in [0, 0.1) is 0 Å². The summed E-state index contributed by atoms with van der Waals surface area (Å²) < 4.78 is 5.23. The summed E-state index contributed by atoms with van der Waals surface area (Å²) >= 11 is 0. The third kappa shape index (κ3) is 3.79. The first-order chi connectivity index (χ1) is 7.79. The fourth-order valence-corrected chi connectivity index (χ4v) is 1.57. The van der Waals surface area contributed by atoms with E-state index in [1.807, 2.05) is 12.1 Å². The third-order valence-electron chi connectivity index (χ3n) is 2.46. The molecule has 2 N–H and O–H groups in total. The largest absolute Gasteiger partial charge is 0.481 e. The van der Waals surface area contributed by atoms with Crippen molar-refractivity contribution in [3.63, 3.8) is 0 Å². The molecule has 0 aromatic carbocycles. The molecule has 0 aliphatic carbocycles. The summed E-state index contributed by atoms with van der Waals surface area (Å²) in [6, 6.07) is 4.22. The molecular formula is C12H21N3O. The van der Waals surface area contributed by atoms with Gasteiger partial charge in [-0.3, -0.25) is 0 Å². The highest BCUT2D eigenvalue weighted by molar-refractivity contribution is 5.28. The predicted octanol–water partition coefficient (Wildman–Crippen LogP) is 1.35. The molecule has 1 rings (SSSR count). The molecule has 1 aromatic heterocycles. The molecule has 0 spiro atoms. The van der Waals surface area contributed by atoms with Crippen molar-refractivity contribution in [3.05, 3.63) is 23.9 Å². The van der Waals surface area contributed by atoms with Gasteiger partial charge in [-0.2, -0.15) is 0 Å². The fourth-order valence-electron chi connectivity index (χ4n) is 1.57. The molecular weight excluding hydrogens is 202 g/mol. The summed E-state index contributed by atoms with van der Waals surface area (Å²) in [6.07, 6.45) is 1.74. The van der Waals surface area contributed by atoms with Crippen molar-refractivity contribution < 1.29 is 4.74 Å². The van der Waals surface area contributed by atoms with Gasteiger partial charge in [-0.1, -0.05) is 13.0 Å². The molecule has 0 aliphatic heterocycles. The number of nitrogens with zero attached hydrogens (tertiary/aromatic N) is 1. The first-order valence-electron chi connectivity index (χ1n) is 5.72. The van der Waals surface area contributed by atoms with Crippen LogP contribution in [0.1, 0.15) is 25.5 Å². The van der Waals surface area contributed by atoms with Crippen LogP contribution in [0.15, 0.2) is 18.3 Å². The number of aromatic nitrogens is 1. The van der Waals surface area contributed by atoms with Crippen LogP contribution in [-0.4, -0.2) is 31.7 Å². The van der Waals surface area contributed by atoms with Gasteiger partial charge in [0.1, 0.15) is 0 Å². The molecule has 16 heavy (non-hydrogen) atoms. The number of nitrogens with one attached hydrogen (secondary N) is 2. The fraction of sp³-hybridized carbons (Fsp3) is 0.583. The lowest BCUT2D eigenvalue weighted by molar-refractivity contribution is 0.384. The Hall–Kier alpha value is -1.13. The number of pyridine rings is 1. The van der Waals surface area contributed by atoms with Crippen LogP contribution in [0.2, 0.25) is 0 Å². The topological polar surface area (TPSA) is 46.2 Å². The minimum Gasteiger partial charge on any atom is -0.481 e. The SMILES string of the molecule is CCNCCN[C@@H](C)c1cccnc1OC. The van der Waals surface area contributed by atoms with Crippen LogP contribution in [0.25, 0.3) is 0 Å². The second kappa shape index (κ2) is 7.19. The van der Waals surface area contributed by atoms with E-state index < -0.39 is 0 Å². The second-order valence-electron chi connectivity index (χ2n) is 3.63. The molecule has 90 valence electrons.